The number of carbonyl (C=O) groups excluding carboxylic acids is 1. The Bertz CT molecular complexity index is 84.3. The van der Waals surface area contributed by atoms with Gasteiger partial charge in [0.05, 0.1) is 6.61 Å². The van der Waals surface area contributed by atoms with Gasteiger partial charge in [-0.2, -0.15) is 0 Å². The fourth-order valence-electron chi connectivity index (χ4n) is 0.781. The van der Waals surface area contributed by atoms with Crippen LogP contribution in [0, 0.1) is 0 Å². The Morgan fingerprint density at radius 2 is 2.33 bits per heavy atom. The smallest absolute Gasteiger partial charge is 0.152 e. The standard InChI is InChI=1S/C6H10O3/c7-5-6-3-1-2-4-8-9-6/h5-6H,1-4H2. The summed E-state index contributed by atoms with van der Waals surface area (Å²) < 4.78 is 0. The molecule has 0 N–H and O–H groups in total. The van der Waals surface area contributed by atoms with Gasteiger partial charge in [-0.1, -0.05) is 0 Å². The average molecular weight is 130 g/mol. The molecule has 0 saturated carbocycles. The van der Waals surface area contributed by atoms with Gasteiger partial charge in [-0.05, 0) is 19.3 Å². The number of aldehydes is 1. The van der Waals surface area contributed by atoms with Crippen molar-refractivity contribution < 1.29 is 14.6 Å². The van der Waals surface area contributed by atoms with E-state index in [1.54, 1.807) is 0 Å². The predicted molar refractivity (Wildman–Crippen MR) is 30.7 cm³/mol. The minimum absolute atomic E-state index is 0.326. The van der Waals surface area contributed by atoms with Crippen molar-refractivity contribution in [3.63, 3.8) is 0 Å². The molecule has 0 amide bonds. The van der Waals surface area contributed by atoms with Gasteiger partial charge in [-0.3, -0.25) is 0 Å². The lowest BCUT2D eigenvalue weighted by Crippen LogP contribution is -2.11. The number of carbonyl (C=O) groups is 1. The molecule has 0 radical (unpaired) electrons. The first-order valence-electron chi connectivity index (χ1n) is 3.17. The molecule has 1 unspecified atom stereocenters. The zero-order chi connectivity index (χ0) is 6.53. The highest BCUT2D eigenvalue weighted by molar-refractivity contribution is 5.55. The molecule has 52 valence electrons. The van der Waals surface area contributed by atoms with Crippen molar-refractivity contribution in [1.82, 2.24) is 0 Å². The second-order valence-corrected chi connectivity index (χ2v) is 2.09. The van der Waals surface area contributed by atoms with Crippen molar-refractivity contribution in [2.24, 2.45) is 0 Å². The summed E-state index contributed by atoms with van der Waals surface area (Å²) >= 11 is 0. The quantitative estimate of drug-likeness (QED) is 0.387. The van der Waals surface area contributed by atoms with Crippen LogP contribution in [-0.4, -0.2) is 19.0 Å². The van der Waals surface area contributed by atoms with Crippen LogP contribution in [0.4, 0.5) is 0 Å². The van der Waals surface area contributed by atoms with E-state index in [2.05, 4.69) is 9.78 Å². The van der Waals surface area contributed by atoms with Crippen LogP contribution in [0.25, 0.3) is 0 Å². The molecule has 1 fully saturated rings. The molecular weight excluding hydrogens is 120 g/mol. The van der Waals surface area contributed by atoms with Crippen LogP contribution >= 0.6 is 0 Å². The van der Waals surface area contributed by atoms with Crippen LogP contribution in [0.2, 0.25) is 0 Å². The molecule has 3 heteroatoms. The van der Waals surface area contributed by atoms with Crippen molar-refractivity contribution >= 4 is 6.29 Å². The zero-order valence-electron chi connectivity index (χ0n) is 5.21. The van der Waals surface area contributed by atoms with Crippen LogP contribution < -0.4 is 0 Å². The van der Waals surface area contributed by atoms with E-state index < -0.39 is 0 Å². The molecule has 0 aromatic carbocycles. The summed E-state index contributed by atoms with van der Waals surface area (Å²) in [5, 5.41) is 0. The first-order valence-corrected chi connectivity index (χ1v) is 3.17. The number of hydrogen-bond donors (Lipinski definition) is 0. The maximum atomic E-state index is 10.1. The molecule has 1 saturated heterocycles. The SMILES string of the molecule is O=CC1CCCCOO1. The van der Waals surface area contributed by atoms with Crippen molar-refractivity contribution in [3.05, 3.63) is 0 Å². The van der Waals surface area contributed by atoms with E-state index in [0.29, 0.717) is 6.61 Å². The molecule has 1 rings (SSSR count). The molecule has 0 spiro atoms. The Hall–Kier alpha value is -0.410. The van der Waals surface area contributed by atoms with E-state index in [1.807, 2.05) is 0 Å². The molecule has 3 nitrogen and oxygen atoms in total. The number of rotatable bonds is 1. The molecule has 0 aromatic heterocycles. The minimum Gasteiger partial charge on any atom is -0.300 e. The molecule has 9 heavy (non-hydrogen) atoms. The van der Waals surface area contributed by atoms with Gasteiger partial charge in [0.1, 0.15) is 6.10 Å². The summed E-state index contributed by atoms with van der Waals surface area (Å²) in [6, 6.07) is 0. The van der Waals surface area contributed by atoms with Crippen molar-refractivity contribution in [2.75, 3.05) is 6.61 Å². The summed E-state index contributed by atoms with van der Waals surface area (Å²) in [4.78, 5) is 19.5. The molecule has 0 aliphatic carbocycles. The van der Waals surface area contributed by atoms with Gasteiger partial charge in [0.15, 0.2) is 6.29 Å². The first-order chi connectivity index (χ1) is 4.43. The Morgan fingerprint density at radius 3 is 3.11 bits per heavy atom. The van der Waals surface area contributed by atoms with Crippen LogP contribution in [0.5, 0.6) is 0 Å². The fourth-order valence-corrected chi connectivity index (χ4v) is 0.781. The van der Waals surface area contributed by atoms with Crippen molar-refractivity contribution in [2.45, 2.75) is 25.4 Å². The topological polar surface area (TPSA) is 35.5 Å². The van der Waals surface area contributed by atoms with E-state index in [4.69, 9.17) is 0 Å². The third-order valence-corrected chi connectivity index (χ3v) is 1.31. The average Bonchev–Trinajstić information content (AvgIpc) is 2.13. The Labute approximate surface area is 53.9 Å². The zero-order valence-corrected chi connectivity index (χ0v) is 5.21. The summed E-state index contributed by atoms with van der Waals surface area (Å²) in [7, 11) is 0. The maximum Gasteiger partial charge on any atom is 0.152 e. The van der Waals surface area contributed by atoms with Gasteiger partial charge in [-0.25, -0.2) is 9.78 Å². The van der Waals surface area contributed by atoms with Gasteiger partial charge >= 0.3 is 0 Å². The Morgan fingerprint density at radius 1 is 1.44 bits per heavy atom. The van der Waals surface area contributed by atoms with E-state index in [1.165, 1.54) is 0 Å². The molecule has 1 atom stereocenters. The molecule has 0 aromatic rings. The van der Waals surface area contributed by atoms with Gasteiger partial charge in [0, 0.05) is 0 Å². The van der Waals surface area contributed by atoms with Gasteiger partial charge in [0.2, 0.25) is 0 Å². The lowest BCUT2D eigenvalue weighted by atomic mass is 10.2. The largest absolute Gasteiger partial charge is 0.300 e. The second-order valence-electron chi connectivity index (χ2n) is 2.09. The summed E-state index contributed by atoms with van der Waals surface area (Å²) in [6.45, 7) is 0.615. The molecular formula is C6H10O3. The third kappa shape index (κ3) is 2.11. The normalized spacial score (nSPS) is 29.1. The summed E-state index contributed by atoms with van der Waals surface area (Å²) in [5.74, 6) is 0. The van der Waals surface area contributed by atoms with Gasteiger partial charge in [-0.15, -0.1) is 0 Å². The highest BCUT2D eigenvalue weighted by Crippen LogP contribution is 2.08. The minimum atomic E-state index is -0.326. The maximum absolute atomic E-state index is 10.1. The third-order valence-electron chi connectivity index (χ3n) is 1.31. The van der Waals surface area contributed by atoms with Gasteiger partial charge < -0.3 is 4.79 Å². The van der Waals surface area contributed by atoms with Crippen LogP contribution in [0.1, 0.15) is 19.3 Å². The lowest BCUT2D eigenvalue weighted by Gasteiger charge is -2.02. The molecule has 1 heterocycles. The van der Waals surface area contributed by atoms with Crippen molar-refractivity contribution in [1.29, 1.82) is 0 Å². The predicted octanol–water partition coefficient (Wildman–Crippen LogP) is 0.686. The van der Waals surface area contributed by atoms with E-state index in [-0.39, 0.29) is 6.10 Å². The van der Waals surface area contributed by atoms with Crippen molar-refractivity contribution in [3.8, 4) is 0 Å². The van der Waals surface area contributed by atoms with Crippen LogP contribution in [-0.2, 0) is 14.6 Å². The lowest BCUT2D eigenvalue weighted by molar-refractivity contribution is -0.307. The Kier molecular flexibility index (Phi) is 2.67. The molecule has 1 aliphatic rings. The highest BCUT2D eigenvalue weighted by atomic mass is 17.2. The highest BCUT2D eigenvalue weighted by Gasteiger charge is 2.11. The van der Waals surface area contributed by atoms with Crippen LogP contribution in [0.15, 0.2) is 0 Å². The number of hydrogen-bond acceptors (Lipinski definition) is 3. The fraction of sp³-hybridized carbons (Fsp3) is 0.833. The first kappa shape index (κ1) is 6.71. The van der Waals surface area contributed by atoms with E-state index in [0.717, 1.165) is 25.5 Å². The van der Waals surface area contributed by atoms with Crippen LogP contribution in [0.3, 0.4) is 0 Å². The second kappa shape index (κ2) is 3.58. The summed E-state index contributed by atoms with van der Waals surface area (Å²) in [5.41, 5.74) is 0. The van der Waals surface area contributed by atoms with E-state index >= 15 is 0 Å². The summed E-state index contributed by atoms with van der Waals surface area (Å²) in [6.07, 6.45) is 3.26. The molecule has 1 aliphatic heterocycles. The van der Waals surface area contributed by atoms with Gasteiger partial charge in [0.25, 0.3) is 0 Å². The monoisotopic (exact) mass is 130 g/mol. The Balaban J connectivity index is 2.26. The molecule has 0 bridgehead atoms. The van der Waals surface area contributed by atoms with E-state index in [9.17, 15) is 4.79 Å².